The van der Waals surface area contributed by atoms with Gasteiger partial charge >= 0.3 is 0 Å². The third-order valence-corrected chi connectivity index (χ3v) is 4.37. The highest BCUT2D eigenvalue weighted by Crippen LogP contribution is 2.39. The summed E-state index contributed by atoms with van der Waals surface area (Å²) in [5, 5.41) is 0. The minimum Gasteiger partial charge on any atom is -0.348 e. The highest BCUT2D eigenvalue weighted by Gasteiger charge is 2.33. The van der Waals surface area contributed by atoms with Gasteiger partial charge in [0.1, 0.15) is 5.78 Å². The minimum atomic E-state index is -0.344. The fraction of sp³-hybridized carbons (Fsp3) is 0.318. The van der Waals surface area contributed by atoms with Crippen LogP contribution < -0.4 is 0 Å². The van der Waals surface area contributed by atoms with Crippen molar-refractivity contribution in [2.75, 3.05) is 6.61 Å². The van der Waals surface area contributed by atoms with E-state index in [0.29, 0.717) is 13.0 Å². The fourth-order valence-electron chi connectivity index (χ4n) is 3.07. The molecular formula is C22H24O3. The summed E-state index contributed by atoms with van der Waals surface area (Å²) in [5.74, 6) is 0.404. The molecule has 0 aromatic heterocycles. The summed E-state index contributed by atoms with van der Waals surface area (Å²) in [4.78, 5) is 11.1. The lowest BCUT2D eigenvalue weighted by atomic mass is 9.92. The van der Waals surface area contributed by atoms with Crippen molar-refractivity contribution in [2.45, 2.75) is 32.2 Å². The molecule has 0 saturated carbocycles. The molecule has 0 aliphatic carbocycles. The standard InChI is InChI=1S/C22H24O3/c1-17(23)10-8-9-15-20-16-24-22(19-13-6-3-7-14-19)25-21(20)18-11-4-2-5-12-18/h2-9,11-14,20-22H,10,15-16H2,1H3/b9-8+/t20-,21-,22+/m0/s1. The first-order valence-corrected chi connectivity index (χ1v) is 8.75. The lowest BCUT2D eigenvalue weighted by Crippen LogP contribution is -2.30. The van der Waals surface area contributed by atoms with Crippen LogP contribution in [0.15, 0.2) is 72.8 Å². The van der Waals surface area contributed by atoms with Crippen LogP contribution in [-0.2, 0) is 14.3 Å². The van der Waals surface area contributed by atoms with E-state index in [9.17, 15) is 4.79 Å². The monoisotopic (exact) mass is 336 g/mol. The quantitative estimate of drug-likeness (QED) is 0.695. The van der Waals surface area contributed by atoms with E-state index in [-0.39, 0.29) is 24.1 Å². The SMILES string of the molecule is CC(=O)C/C=C/C[C@H]1CO[C@@H](c2ccccc2)O[C@H]1c1ccccc1. The Bertz CT molecular complexity index is 694. The van der Waals surface area contributed by atoms with Crippen molar-refractivity contribution in [1.82, 2.24) is 0 Å². The van der Waals surface area contributed by atoms with Gasteiger partial charge in [0, 0.05) is 17.9 Å². The lowest BCUT2D eigenvalue weighted by Gasteiger charge is -2.36. The molecule has 0 amide bonds. The topological polar surface area (TPSA) is 35.5 Å². The van der Waals surface area contributed by atoms with Crippen molar-refractivity contribution in [2.24, 2.45) is 5.92 Å². The second-order valence-corrected chi connectivity index (χ2v) is 6.42. The molecule has 3 heteroatoms. The van der Waals surface area contributed by atoms with Gasteiger partial charge < -0.3 is 9.47 Å². The zero-order chi connectivity index (χ0) is 17.5. The average Bonchev–Trinajstić information content (AvgIpc) is 2.66. The van der Waals surface area contributed by atoms with Gasteiger partial charge in [0.2, 0.25) is 0 Å². The summed E-state index contributed by atoms with van der Waals surface area (Å²) in [6.45, 7) is 2.23. The Kier molecular flexibility index (Phi) is 6.15. The van der Waals surface area contributed by atoms with Gasteiger partial charge in [-0.05, 0) is 18.9 Å². The maximum Gasteiger partial charge on any atom is 0.184 e. The Balaban J connectivity index is 1.74. The normalized spacial score (nSPS) is 23.6. The molecule has 1 fully saturated rings. The maximum atomic E-state index is 11.1. The molecule has 3 atom stereocenters. The predicted molar refractivity (Wildman–Crippen MR) is 97.9 cm³/mol. The van der Waals surface area contributed by atoms with E-state index in [1.165, 1.54) is 0 Å². The minimum absolute atomic E-state index is 0.0258. The molecule has 0 unspecified atom stereocenters. The summed E-state index contributed by atoms with van der Waals surface area (Å²) >= 11 is 0. The molecule has 0 N–H and O–H groups in total. The lowest BCUT2D eigenvalue weighted by molar-refractivity contribution is -0.243. The van der Waals surface area contributed by atoms with E-state index < -0.39 is 0 Å². The number of carbonyl (C=O) groups is 1. The molecule has 3 nitrogen and oxygen atoms in total. The molecule has 0 bridgehead atoms. The first kappa shape index (κ1) is 17.6. The third kappa shape index (κ3) is 4.88. The predicted octanol–water partition coefficient (Wildman–Crippen LogP) is 5.01. The van der Waals surface area contributed by atoms with Gasteiger partial charge in [0.25, 0.3) is 0 Å². The van der Waals surface area contributed by atoms with E-state index in [1.54, 1.807) is 6.92 Å². The Hall–Kier alpha value is -2.23. The van der Waals surface area contributed by atoms with Crippen LogP contribution >= 0.6 is 0 Å². The van der Waals surface area contributed by atoms with Crippen LogP contribution in [0.25, 0.3) is 0 Å². The van der Waals surface area contributed by atoms with Crippen LogP contribution in [0.2, 0.25) is 0 Å². The Morgan fingerprint density at radius 1 is 1.00 bits per heavy atom. The van der Waals surface area contributed by atoms with Gasteiger partial charge in [0.05, 0.1) is 12.7 Å². The summed E-state index contributed by atoms with van der Waals surface area (Å²) in [7, 11) is 0. The smallest absolute Gasteiger partial charge is 0.184 e. The van der Waals surface area contributed by atoms with Crippen LogP contribution in [-0.4, -0.2) is 12.4 Å². The van der Waals surface area contributed by atoms with Crippen LogP contribution in [0.5, 0.6) is 0 Å². The first-order chi connectivity index (χ1) is 12.2. The van der Waals surface area contributed by atoms with Gasteiger partial charge in [-0.3, -0.25) is 4.79 Å². The molecule has 0 radical (unpaired) electrons. The number of ether oxygens (including phenoxy) is 2. The summed E-state index contributed by atoms with van der Waals surface area (Å²) < 4.78 is 12.3. The van der Waals surface area contributed by atoms with Gasteiger partial charge in [-0.1, -0.05) is 72.8 Å². The van der Waals surface area contributed by atoms with Gasteiger partial charge in [0.15, 0.2) is 6.29 Å². The number of Topliss-reactive ketones (excluding diaryl/α,β-unsaturated/α-hetero) is 1. The van der Waals surface area contributed by atoms with E-state index in [1.807, 2.05) is 54.6 Å². The van der Waals surface area contributed by atoms with Gasteiger partial charge in [-0.15, -0.1) is 0 Å². The third-order valence-electron chi connectivity index (χ3n) is 4.37. The van der Waals surface area contributed by atoms with Crippen molar-refractivity contribution in [3.63, 3.8) is 0 Å². The second kappa shape index (κ2) is 8.75. The Labute approximate surface area is 149 Å². The highest BCUT2D eigenvalue weighted by molar-refractivity contribution is 5.76. The number of rotatable bonds is 6. The van der Waals surface area contributed by atoms with Crippen molar-refractivity contribution in [3.05, 3.63) is 83.9 Å². The average molecular weight is 336 g/mol. The number of allylic oxidation sites excluding steroid dienone is 2. The van der Waals surface area contributed by atoms with Crippen LogP contribution in [0.3, 0.4) is 0 Å². The molecule has 1 aliphatic heterocycles. The molecule has 1 saturated heterocycles. The van der Waals surface area contributed by atoms with Gasteiger partial charge in [-0.25, -0.2) is 0 Å². The van der Waals surface area contributed by atoms with Crippen molar-refractivity contribution < 1.29 is 14.3 Å². The van der Waals surface area contributed by atoms with Gasteiger partial charge in [-0.2, -0.15) is 0 Å². The zero-order valence-corrected chi connectivity index (χ0v) is 14.5. The van der Waals surface area contributed by atoms with Crippen molar-refractivity contribution >= 4 is 5.78 Å². The maximum absolute atomic E-state index is 11.1. The Morgan fingerprint density at radius 2 is 1.64 bits per heavy atom. The zero-order valence-electron chi connectivity index (χ0n) is 14.5. The molecule has 25 heavy (non-hydrogen) atoms. The summed E-state index contributed by atoms with van der Waals surface area (Å²) in [6.07, 6.45) is 4.95. The number of hydrogen-bond donors (Lipinski definition) is 0. The van der Waals surface area contributed by atoms with Crippen molar-refractivity contribution in [1.29, 1.82) is 0 Å². The molecule has 1 heterocycles. The van der Waals surface area contributed by atoms with E-state index in [0.717, 1.165) is 17.5 Å². The Morgan fingerprint density at radius 3 is 2.28 bits per heavy atom. The molecule has 1 aliphatic rings. The number of ketones is 1. The molecule has 3 rings (SSSR count). The molecular weight excluding hydrogens is 312 g/mol. The first-order valence-electron chi connectivity index (χ1n) is 8.75. The second-order valence-electron chi connectivity index (χ2n) is 6.42. The summed E-state index contributed by atoms with van der Waals surface area (Å²) in [6, 6.07) is 20.3. The number of hydrogen-bond acceptors (Lipinski definition) is 3. The van der Waals surface area contributed by atoms with E-state index in [2.05, 4.69) is 18.2 Å². The number of carbonyl (C=O) groups excluding carboxylic acids is 1. The largest absolute Gasteiger partial charge is 0.348 e. The molecule has 2 aromatic carbocycles. The molecule has 0 spiro atoms. The van der Waals surface area contributed by atoms with E-state index in [4.69, 9.17) is 9.47 Å². The number of benzene rings is 2. The van der Waals surface area contributed by atoms with Crippen molar-refractivity contribution in [3.8, 4) is 0 Å². The molecule has 130 valence electrons. The van der Waals surface area contributed by atoms with Crippen LogP contribution in [0, 0.1) is 5.92 Å². The fourth-order valence-corrected chi connectivity index (χ4v) is 3.07. The van der Waals surface area contributed by atoms with Crippen LogP contribution in [0.1, 0.15) is 43.3 Å². The van der Waals surface area contributed by atoms with E-state index >= 15 is 0 Å². The van der Waals surface area contributed by atoms with Crippen LogP contribution in [0.4, 0.5) is 0 Å². The highest BCUT2D eigenvalue weighted by atomic mass is 16.7. The molecule has 2 aromatic rings. The summed E-state index contributed by atoms with van der Waals surface area (Å²) in [5.41, 5.74) is 2.20.